The number of nitrogens with one attached hydrogen (secondary N) is 2. The Morgan fingerprint density at radius 1 is 0.775 bits per heavy atom. The number of halogens is 2. The second-order valence-electron chi connectivity index (χ2n) is 9.96. The van der Waals surface area contributed by atoms with Crippen LogP contribution in [0.1, 0.15) is 36.7 Å². The molecule has 0 fully saturated rings. The van der Waals surface area contributed by atoms with Crippen LogP contribution in [0.2, 0.25) is 10.0 Å². The predicted octanol–water partition coefficient (Wildman–Crippen LogP) is 9.10. The number of hydrogen-bond acceptors (Lipinski definition) is 4. The molecule has 2 amide bonds. The van der Waals surface area contributed by atoms with Crippen molar-refractivity contribution in [2.45, 2.75) is 26.2 Å². The van der Waals surface area contributed by atoms with Crippen LogP contribution in [-0.2, 0) is 5.41 Å². The SMILES string of the molecule is COc1ccc(-c2ccc(Oc3ccccc3C(C)(C)C)c(NC(=O)Nc3cccc(Cl)c3Cl)c2)cc1C(=O)O. The Balaban J connectivity index is 1.75. The molecule has 7 nitrogen and oxygen atoms in total. The highest BCUT2D eigenvalue weighted by atomic mass is 35.5. The zero-order valence-corrected chi connectivity index (χ0v) is 23.9. The van der Waals surface area contributed by atoms with Gasteiger partial charge in [0.1, 0.15) is 17.1 Å². The van der Waals surface area contributed by atoms with Crippen LogP contribution in [-0.4, -0.2) is 24.2 Å². The molecule has 4 aromatic rings. The molecular weight excluding hydrogens is 551 g/mol. The lowest BCUT2D eigenvalue weighted by atomic mass is 9.86. The highest BCUT2D eigenvalue weighted by Crippen LogP contribution is 2.39. The van der Waals surface area contributed by atoms with E-state index in [9.17, 15) is 14.7 Å². The number of carboxylic acid groups (broad SMARTS) is 1. The van der Waals surface area contributed by atoms with E-state index in [1.54, 1.807) is 48.5 Å². The molecule has 0 saturated heterocycles. The normalized spacial score (nSPS) is 11.1. The second kappa shape index (κ2) is 11.9. The van der Waals surface area contributed by atoms with Gasteiger partial charge in [-0.05, 0) is 59.0 Å². The standard InChI is InChI=1S/C31H28Cl2N2O5/c1-31(2,3)21-8-5-6-11-26(21)40-27-15-13-19(18-12-14-25(39-4)20(16-18)29(36)37)17-24(27)35-30(38)34-23-10-7-9-22(32)28(23)33/h5-17H,1-4H3,(H,36,37)(H2,34,35,38). The van der Waals surface area contributed by atoms with Crippen LogP contribution in [0.15, 0.2) is 78.9 Å². The fourth-order valence-electron chi connectivity index (χ4n) is 4.12. The van der Waals surface area contributed by atoms with Crippen molar-refractivity contribution in [1.29, 1.82) is 0 Å². The first-order valence-corrected chi connectivity index (χ1v) is 13.1. The topological polar surface area (TPSA) is 96.9 Å². The molecule has 0 saturated carbocycles. The molecule has 0 spiro atoms. The van der Waals surface area contributed by atoms with Crippen molar-refractivity contribution in [2.75, 3.05) is 17.7 Å². The summed E-state index contributed by atoms with van der Waals surface area (Å²) in [6.45, 7) is 6.26. The van der Waals surface area contributed by atoms with E-state index < -0.39 is 12.0 Å². The number of hydrogen-bond donors (Lipinski definition) is 3. The molecule has 206 valence electrons. The summed E-state index contributed by atoms with van der Waals surface area (Å²) in [5.41, 5.74) is 2.76. The number of amides is 2. The number of aromatic carboxylic acids is 1. The monoisotopic (exact) mass is 578 g/mol. The van der Waals surface area contributed by atoms with E-state index in [0.717, 1.165) is 5.56 Å². The van der Waals surface area contributed by atoms with Gasteiger partial charge in [0.05, 0.1) is 28.5 Å². The van der Waals surface area contributed by atoms with E-state index in [1.807, 2.05) is 24.3 Å². The number of ether oxygens (including phenoxy) is 2. The van der Waals surface area contributed by atoms with E-state index in [0.29, 0.717) is 39.0 Å². The van der Waals surface area contributed by atoms with Gasteiger partial charge in [-0.2, -0.15) is 0 Å². The lowest BCUT2D eigenvalue weighted by molar-refractivity contribution is 0.0693. The molecule has 0 aromatic heterocycles. The van der Waals surface area contributed by atoms with E-state index in [4.69, 9.17) is 32.7 Å². The van der Waals surface area contributed by atoms with Crippen molar-refractivity contribution in [1.82, 2.24) is 0 Å². The van der Waals surface area contributed by atoms with E-state index in [2.05, 4.69) is 31.4 Å². The fraction of sp³-hybridized carbons (Fsp3) is 0.161. The molecule has 0 heterocycles. The largest absolute Gasteiger partial charge is 0.496 e. The number of carboxylic acids is 1. The van der Waals surface area contributed by atoms with Gasteiger partial charge in [-0.3, -0.25) is 0 Å². The molecule has 0 aliphatic rings. The number of benzene rings is 4. The van der Waals surface area contributed by atoms with Crippen molar-refractivity contribution in [3.8, 4) is 28.4 Å². The minimum absolute atomic E-state index is 0.0160. The Labute approximate surface area is 242 Å². The van der Waals surface area contributed by atoms with Crippen LogP contribution in [0, 0.1) is 0 Å². The molecule has 0 radical (unpaired) electrons. The van der Waals surface area contributed by atoms with Crippen molar-refractivity contribution < 1.29 is 24.2 Å². The van der Waals surface area contributed by atoms with Gasteiger partial charge in [-0.1, -0.05) is 80.4 Å². The van der Waals surface area contributed by atoms with Gasteiger partial charge in [-0.25, -0.2) is 9.59 Å². The minimum Gasteiger partial charge on any atom is -0.496 e. The maximum atomic E-state index is 13.1. The van der Waals surface area contributed by atoms with Gasteiger partial charge in [0.25, 0.3) is 0 Å². The number of anilines is 2. The van der Waals surface area contributed by atoms with Gasteiger partial charge in [0.2, 0.25) is 0 Å². The summed E-state index contributed by atoms with van der Waals surface area (Å²) in [5, 5.41) is 15.7. The summed E-state index contributed by atoms with van der Waals surface area (Å²) in [5.74, 6) is 0.154. The average molecular weight is 579 g/mol. The first-order valence-electron chi connectivity index (χ1n) is 12.3. The van der Waals surface area contributed by atoms with E-state index in [1.165, 1.54) is 13.2 Å². The number of rotatable bonds is 7. The summed E-state index contributed by atoms with van der Waals surface area (Å²) in [6, 6.07) is 22.1. The Morgan fingerprint density at radius 3 is 2.10 bits per heavy atom. The third-order valence-electron chi connectivity index (χ3n) is 6.11. The smallest absolute Gasteiger partial charge is 0.339 e. The molecular formula is C31H28Cl2N2O5. The Hall–Kier alpha value is -4.20. The number of methoxy groups -OCH3 is 1. The first-order chi connectivity index (χ1) is 19.0. The third kappa shape index (κ3) is 6.50. The molecule has 3 N–H and O–H groups in total. The second-order valence-corrected chi connectivity index (χ2v) is 10.7. The van der Waals surface area contributed by atoms with Crippen LogP contribution >= 0.6 is 23.2 Å². The molecule has 40 heavy (non-hydrogen) atoms. The van der Waals surface area contributed by atoms with Gasteiger partial charge < -0.3 is 25.2 Å². The summed E-state index contributed by atoms with van der Waals surface area (Å²) in [6.07, 6.45) is 0. The summed E-state index contributed by atoms with van der Waals surface area (Å²) >= 11 is 12.3. The van der Waals surface area contributed by atoms with Gasteiger partial charge in [0.15, 0.2) is 5.75 Å². The van der Waals surface area contributed by atoms with Gasteiger partial charge in [0, 0.05) is 5.56 Å². The lowest BCUT2D eigenvalue weighted by Crippen LogP contribution is -2.20. The van der Waals surface area contributed by atoms with Crippen molar-refractivity contribution in [2.24, 2.45) is 0 Å². The quantitative estimate of drug-likeness (QED) is 0.203. The number of urea groups is 1. The van der Waals surface area contributed by atoms with Crippen LogP contribution in [0.25, 0.3) is 11.1 Å². The van der Waals surface area contributed by atoms with Crippen molar-refractivity contribution >= 4 is 46.6 Å². The molecule has 0 aliphatic heterocycles. The van der Waals surface area contributed by atoms with Crippen LogP contribution in [0.3, 0.4) is 0 Å². The Kier molecular flexibility index (Phi) is 8.57. The zero-order chi connectivity index (χ0) is 29.0. The van der Waals surface area contributed by atoms with E-state index >= 15 is 0 Å². The summed E-state index contributed by atoms with van der Waals surface area (Å²) in [4.78, 5) is 24.9. The number of para-hydroxylation sites is 1. The average Bonchev–Trinajstić information content (AvgIpc) is 2.91. The fourth-order valence-corrected chi connectivity index (χ4v) is 4.47. The number of carbonyl (C=O) groups excluding carboxylic acids is 1. The lowest BCUT2D eigenvalue weighted by Gasteiger charge is -2.23. The molecule has 0 bridgehead atoms. The Morgan fingerprint density at radius 2 is 1.43 bits per heavy atom. The highest BCUT2D eigenvalue weighted by molar-refractivity contribution is 6.44. The van der Waals surface area contributed by atoms with Gasteiger partial charge >= 0.3 is 12.0 Å². The molecule has 4 rings (SSSR count). The molecule has 4 aromatic carbocycles. The van der Waals surface area contributed by atoms with Crippen LogP contribution in [0.5, 0.6) is 17.2 Å². The van der Waals surface area contributed by atoms with E-state index in [-0.39, 0.29) is 21.8 Å². The molecule has 0 unspecified atom stereocenters. The van der Waals surface area contributed by atoms with Crippen LogP contribution in [0.4, 0.5) is 16.2 Å². The zero-order valence-electron chi connectivity index (χ0n) is 22.3. The Bertz CT molecular complexity index is 1580. The predicted molar refractivity (Wildman–Crippen MR) is 160 cm³/mol. The van der Waals surface area contributed by atoms with Crippen molar-refractivity contribution in [3.05, 3.63) is 100 Å². The minimum atomic E-state index is -1.12. The first kappa shape index (κ1) is 28.8. The molecule has 0 aliphatic carbocycles. The molecule has 0 atom stereocenters. The molecule has 9 heteroatoms. The third-order valence-corrected chi connectivity index (χ3v) is 6.92. The maximum absolute atomic E-state index is 13.1. The van der Waals surface area contributed by atoms with Crippen LogP contribution < -0.4 is 20.1 Å². The summed E-state index contributed by atoms with van der Waals surface area (Å²) < 4.78 is 11.5. The highest BCUT2D eigenvalue weighted by Gasteiger charge is 2.21. The maximum Gasteiger partial charge on any atom is 0.339 e. The van der Waals surface area contributed by atoms with Crippen molar-refractivity contribution in [3.63, 3.8) is 0 Å². The van der Waals surface area contributed by atoms with Gasteiger partial charge in [-0.15, -0.1) is 0 Å². The summed E-state index contributed by atoms with van der Waals surface area (Å²) in [7, 11) is 1.41. The number of carbonyl (C=O) groups is 2.